The van der Waals surface area contributed by atoms with Gasteiger partial charge < -0.3 is 10.3 Å². The molecule has 0 unspecified atom stereocenters. The van der Waals surface area contributed by atoms with Crippen LogP contribution < -0.4 is 10.9 Å². The van der Waals surface area contributed by atoms with Gasteiger partial charge in [-0.2, -0.15) is 4.31 Å². The van der Waals surface area contributed by atoms with Gasteiger partial charge in [0.25, 0.3) is 5.56 Å². The van der Waals surface area contributed by atoms with Gasteiger partial charge in [0, 0.05) is 18.8 Å². The number of anilines is 1. The van der Waals surface area contributed by atoms with Gasteiger partial charge in [-0.25, -0.2) is 13.4 Å². The number of likely N-dealkylation sites (N-methyl/N-ethyl adjacent to an activating group) is 1. The molecule has 1 aromatic heterocycles. The largest absolute Gasteiger partial charge is 0.325 e. The molecule has 2 N–H and O–H groups in total. The van der Waals surface area contributed by atoms with Gasteiger partial charge in [-0.05, 0) is 55.8 Å². The number of nitrogens with zero attached hydrogens (tertiary/aromatic N) is 3. The fraction of sp³-hybridized carbons (Fsp3) is 0.400. The molecule has 1 aliphatic heterocycles. The Labute approximate surface area is 205 Å². The number of carbonyl (C=O) groups is 1. The molecule has 3 aromatic rings. The van der Waals surface area contributed by atoms with Gasteiger partial charge in [0.15, 0.2) is 0 Å². The lowest BCUT2D eigenvalue weighted by molar-refractivity contribution is -0.117. The molecule has 9 nitrogen and oxygen atoms in total. The van der Waals surface area contributed by atoms with Crippen molar-refractivity contribution in [3.05, 3.63) is 64.7 Å². The third-order valence-electron chi connectivity index (χ3n) is 6.19. The Kier molecular flexibility index (Phi) is 7.94. The molecular weight excluding hydrogens is 466 g/mol. The van der Waals surface area contributed by atoms with Crippen LogP contribution >= 0.6 is 0 Å². The number of carbonyl (C=O) groups excluding carboxylic acids is 1. The van der Waals surface area contributed by atoms with Crippen molar-refractivity contribution in [3.63, 3.8) is 0 Å². The van der Waals surface area contributed by atoms with Gasteiger partial charge in [-0.1, -0.05) is 31.9 Å². The van der Waals surface area contributed by atoms with Crippen molar-refractivity contribution in [2.45, 2.75) is 44.0 Å². The molecule has 2 heterocycles. The van der Waals surface area contributed by atoms with Crippen LogP contribution in [0.15, 0.2) is 58.2 Å². The summed E-state index contributed by atoms with van der Waals surface area (Å²) in [6.07, 6.45) is 3.87. The fourth-order valence-electron chi connectivity index (χ4n) is 4.25. The van der Waals surface area contributed by atoms with Gasteiger partial charge >= 0.3 is 0 Å². The second-order valence-electron chi connectivity index (χ2n) is 8.72. The highest BCUT2D eigenvalue weighted by atomic mass is 32.2. The highest BCUT2D eigenvalue weighted by molar-refractivity contribution is 7.89. The van der Waals surface area contributed by atoms with E-state index in [1.807, 2.05) is 17.9 Å². The molecule has 35 heavy (non-hydrogen) atoms. The molecule has 1 aliphatic rings. The average Bonchev–Trinajstić information content (AvgIpc) is 3.14. The van der Waals surface area contributed by atoms with Gasteiger partial charge in [-0.3, -0.25) is 14.5 Å². The lowest BCUT2D eigenvalue weighted by Crippen LogP contribution is -2.34. The number of sulfonamides is 1. The Morgan fingerprint density at radius 2 is 1.74 bits per heavy atom. The summed E-state index contributed by atoms with van der Waals surface area (Å²) < 4.78 is 27.4. The van der Waals surface area contributed by atoms with E-state index in [1.165, 1.54) is 12.1 Å². The summed E-state index contributed by atoms with van der Waals surface area (Å²) >= 11 is 0. The SMILES string of the molecule is CCN(CC(=O)Nc1ccc(S(=O)(=O)N2CCCCCC2)cc1)Cc1nc2ccccc2c(=O)[nH]1. The van der Waals surface area contributed by atoms with E-state index >= 15 is 0 Å². The molecule has 1 fully saturated rings. The van der Waals surface area contributed by atoms with Crippen LogP contribution in [0.1, 0.15) is 38.4 Å². The molecule has 1 saturated heterocycles. The standard InChI is InChI=1S/C25H31N5O4S/c1-2-29(17-23-27-22-10-6-5-9-21(22)25(32)28-23)18-24(31)26-19-11-13-20(14-12-19)35(33,34)30-15-7-3-4-8-16-30/h5-6,9-14H,2-4,7-8,15-18H2,1H3,(H,26,31)(H,27,28,32). The number of para-hydroxylation sites is 1. The maximum absolute atomic E-state index is 12.9. The predicted octanol–water partition coefficient (Wildman–Crippen LogP) is 2.95. The quantitative estimate of drug-likeness (QED) is 0.494. The molecule has 0 saturated carbocycles. The summed E-state index contributed by atoms with van der Waals surface area (Å²) in [7, 11) is -3.53. The first-order valence-corrected chi connectivity index (χ1v) is 13.4. The van der Waals surface area contributed by atoms with Crippen LogP contribution in [-0.2, 0) is 21.4 Å². The number of hydrogen-bond acceptors (Lipinski definition) is 6. The zero-order valence-corrected chi connectivity index (χ0v) is 20.7. The monoisotopic (exact) mass is 497 g/mol. The maximum atomic E-state index is 12.9. The molecule has 186 valence electrons. The van der Waals surface area contributed by atoms with Crippen LogP contribution in [0.5, 0.6) is 0 Å². The zero-order valence-electron chi connectivity index (χ0n) is 19.9. The minimum Gasteiger partial charge on any atom is -0.325 e. The molecular formula is C25H31N5O4S. The summed E-state index contributed by atoms with van der Waals surface area (Å²) in [5.41, 5.74) is 0.932. The van der Waals surface area contributed by atoms with E-state index in [2.05, 4.69) is 15.3 Å². The van der Waals surface area contributed by atoms with Crippen LogP contribution in [0, 0.1) is 0 Å². The lowest BCUT2D eigenvalue weighted by atomic mass is 10.2. The Balaban J connectivity index is 1.38. The second-order valence-corrected chi connectivity index (χ2v) is 10.7. The van der Waals surface area contributed by atoms with Crippen LogP contribution in [0.2, 0.25) is 0 Å². The smallest absolute Gasteiger partial charge is 0.258 e. The normalized spacial score (nSPS) is 15.3. The number of aromatic amines is 1. The molecule has 0 bridgehead atoms. The first-order chi connectivity index (χ1) is 16.9. The maximum Gasteiger partial charge on any atom is 0.258 e. The van der Waals surface area contributed by atoms with Crippen molar-refractivity contribution in [2.24, 2.45) is 0 Å². The van der Waals surface area contributed by atoms with Crippen molar-refractivity contribution in [1.82, 2.24) is 19.2 Å². The van der Waals surface area contributed by atoms with Gasteiger partial charge in [0.2, 0.25) is 15.9 Å². The first kappa shape index (κ1) is 25.0. The lowest BCUT2D eigenvalue weighted by Gasteiger charge is -2.20. The third-order valence-corrected chi connectivity index (χ3v) is 8.10. The minimum absolute atomic E-state index is 0.0981. The van der Waals surface area contributed by atoms with Crippen molar-refractivity contribution in [2.75, 3.05) is 31.5 Å². The Bertz CT molecular complexity index is 1330. The number of rotatable bonds is 8. The highest BCUT2D eigenvalue weighted by Gasteiger charge is 2.25. The van der Waals surface area contributed by atoms with Crippen LogP contribution in [0.3, 0.4) is 0 Å². The first-order valence-electron chi connectivity index (χ1n) is 12.0. The number of aromatic nitrogens is 2. The van der Waals surface area contributed by atoms with Crippen molar-refractivity contribution in [1.29, 1.82) is 0 Å². The Hall–Kier alpha value is -3.08. The van der Waals surface area contributed by atoms with E-state index in [-0.39, 0.29) is 22.9 Å². The van der Waals surface area contributed by atoms with Crippen LogP contribution in [0.25, 0.3) is 10.9 Å². The summed E-state index contributed by atoms with van der Waals surface area (Å²) in [5, 5.41) is 3.35. The number of amides is 1. The van der Waals surface area contributed by atoms with Gasteiger partial charge in [-0.15, -0.1) is 0 Å². The molecule has 0 aliphatic carbocycles. The predicted molar refractivity (Wildman–Crippen MR) is 136 cm³/mol. The molecule has 0 spiro atoms. The van der Waals surface area contributed by atoms with Crippen molar-refractivity contribution in [3.8, 4) is 0 Å². The average molecular weight is 498 g/mol. The third kappa shape index (κ3) is 6.14. The number of nitrogens with one attached hydrogen (secondary N) is 2. The molecule has 1 amide bonds. The fourth-order valence-corrected chi connectivity index (χ4v) is 5.76. The van der Waals surface area contributed by atoms with Gasteiger partial charge in [0.05, 0.1) is 28.9 Å². The van der Waals surface area contributed by atoms with E-state index in [9.17, 15) is 18.0 Å². The van der Waals surface area contributed by atoms with Gasteiger partial charge in [0.1, 0.15) is 5.82 Å². The summed E-state index contributed by atoms with van der Waals surface area (Å²) in [6, 6.07) is 13.4. The number of benzene rings is 2. The van der Waals surface area contributed by atoms with E-state index in [0.29, 0.717) is 48.6 Å². The van der Waals surface area contributed by atoms with Crippen molar-refractivity contribution >= 4 is 32.5 Å². The number of fused-ring (bicyclic) bond motifs is 1. The minimum atomic E-state index is -3.53. The second kappa shape index (κ2) is 11.1. The summed E-state index contributed by atoms with van der Waals surface area (Å²) in [5.74, 6) is 0.254. The molecule has 2 aromatic carbocycles. The van der Waals surface area contributed by atoms with E-state index < -0.39 is 10.0 Å². The van der Waals surface area contributed by atoms with Crippen LogP contribution in [0.4, 0.5) is 5.69 Å². The van der Waals surface area contributed by atoms with Crippen LogP contribution in [-0.4, -0.2) is 59.7 Å². The highest BCUT2D eigenvalue weighted by Crippen LogP contribution is 2.22. The van der Waals surface area contributed by atoms with E-state index in [0.717, 1.165) is 25.7 Å². The summed E-state index contributed by atoms with van der Waals surface area (Å²) in [6.45, 7) is 4.01. The van der Waals surface area contributed by atoms with E-state index in [4.69, 9.17) is 0 Å². The zero-order chi connectivity index (χ0) is 24.8. The Morgan fingerprint density at radius 3 is 2.43 bits per heavy atom. The Morgan fingerprint density at radius 1 is 1.06 bits per heavy atom. The van der Waals surface area contributed by atoms with E-state index in [1.54, 1.807) is 34.6 Å². The van der Waals surface area contributed by atoms with Crippen molar-refractivity contribution < 1.29 is 13.2 Å². The number of H-pyrrole nitrogens is 1. The summed E-state index contributed by atoms with van der Waals surface area (Å²) in [4.78, 5) is 34.3. The number of hydrogen-bond donors (Lipinski definition) is 2. The molecule has 4 rings (SSSR count). The molecule has 0 radical (unpaired) electrons. The molecule has 0 atom stereocenters. The topological polar surface area (TPSA) is 115 Å². The molecule has 10 heteroatoms.